The summed E-state index contributed by atoms with van der Waals surface area (Å²) in [6, 6.07) is 9.78. The van der Waals surface area contributed by atoms with Gasteiger partial charge in [0.25, 0.3) is 0 Å². The fourth-order valence-electron chi connectivity index (χ4n) is 1.52. The van der Waals surface area contributed by atoms with Crippen molar-refractivity contribution in [3.63, 3.8) is 0 Å². The third-order valence-corrected chi connectivity index (χ3v) is 2.45. The first-order chi connectivity index (χ1) is 8.72. The third kappa shape index (κ3) is 3.59. The monoisotopic (exact) mass is 238 g/mol. The molecule has 2 N–H and O–H groups in total. The van der Waals surface area contributed by atoms with Crippen LogP contribution < -0.4 is 5.73 Å². The number of nitrogens with two attached hydrogens (primary N) is 1. The minimum atomic E-state index is 0.674. The zero-order valence-electron chi connectivity index (χ0n) is 10.6. The van der Waals surface area contributed by atoms with Crippen LogP contribution in [0.15, 0.2) is 78.4 Å². The summed E-state index contributed by atoms with van der Waals surface area (Å²) in [6.07, 6.45) is 7.13. The Labute approximate surface area is 109 Å². The molecule has 0 amide bonds. The smallest absolute Gasteiger partial charge is 0.0663 e. The molecular formula is C16H18N2. The first-order valence-electron chi connectivity index (χ1n) is 5.67. The molecule has 1 aromatic carbocycles. The molecule has 0 saturated heterocycles. The summed E-state index contributed by atoms with van der Waals surface area (Å²) in [6.45, 7) is 7.43. The lowest BCUT2D eigenvalue weighted by molar-refractivity contribution is 1.43. The number of allylic oxidation sites excluding steroid dienone is 5. The van der Waals surface area contributed by atoms with Gasteiger partial charge in [0.1, 0.15) is 0 Å². The van der Waals surface area contributed by atoms with Crippen LogP contribution in [-0.4, -0.2) is 12.8 Å². The van der Waals surface area contributed by atoms with Gasteiger partial charge in [-0.05, 0) is 17.2 Å². The molecule has 92 valence electrons. The van der Waals surface area contributed by atoms with Crippen LogP contribution in [0.25, 0.3) is 5.70 Å². The van der Waals surface area contributed by atoms with Crippen LogP contribution >= 0.6 is 0 Å². The molecule has 0 atom stereocenters. The van der Waals surface area contributed by atoms with Gasteiger partial charge in [-0.2, -0.15) is 0 Å². The van der Waals surface area contributed by atoms with Crippen LogP contribution in [0.1, 0.15) is 5.56 Å². The summed E-state index contributed by atoms with van der Waals surface area (Å²) in [5, 5.41) is 0. The van der Waals surface area contributed by atoms with E-state index < -0.39 is 0 Å². The summed E-state index contributed by atoms with van der Waals surface area (Å²) in [4.78, 5) is 4.22. The highest BCUT2D eigenvalue weighted by molar-refractivity contribution is 6.13. The second-order valence-corrected chi connectivity index (χ2v) is 3.64. The molecule has 0 fully saturated rings. The van der Waals surface area contributed by atoms with E-state index in [0.717, 1.165) is 16.8 Å². The van der Waals surface area contributed by atoms with E-state index in [1.165, 1.54) is 0 Å². The van der Waals surface area contributed by atoms with Gasteiger partial charge in [-0.3, -0.25) is 4.99 Å². The molecule has 2 nitrogen and oxygen atoms in total. The van der Waals surface area contributed by atoms with Crippen molar-refractivity contribution in [2.45, 2.75) is 0 Å². The molecule has 0 aliphatic carbocycles. The van der Waals surface area contributed by atoms with Crippen LogP contribution in [-0.2, 0) is 0 Å². The molecule has 2 heteroatoms. The lowest BCUT2D eigenvalue weighted by Gasteiger charge is -2.05. The van der Waals surface area contributed by atoms with Gasteiger partial charge in [0.05, 0.1) is 5.71 Å². The lowest BCUT2D eigenvalue weighted by Crippen LogP contribution is -2.03. The molecule has 0 aliphatic rings. The van der Waals surface area contributed by atoms with Crippen LogP contribution in [0.3, 0.4) is 0 Å². The Morgan fingerprint density at radius 3 is 2.39 bits per heavy atom. The Morgan fingerprint density at radius 1 is 1.22 bits per heavy atom. The fourth-order valence-corrected chi connectivity index (χ4v) is 1.52. The summed E-state index contributed by atoms with van der Waals surface area (Å²) >= 11 is 0. The number of nitrogens with zero attached hydrogens (tertiary/aromatic N) is 1. The molecular weight excluding hydrogens is 220 g/mol. The minimum Gasteiger partial charge on any atom is -0.398 e. The van der Waals surface area contributed by atoms with E-state index in [1.807, 2.05) is 42.5 Å². The predicted octanol–water partition coefficient (Wildman–Crippen LogP) is 3.36. The van der Waals surface area contributed by atoms with Gasteiger partial charge in [0, 0.05) is 12.7 Å². The first kappa shape index (κ1) is 13.7. The van der Waals surface area contributed by atoms with Crippen molar-refractivity contribution in [3.8, 4) is 0 Å². The largest absolute Gasteiger partial charge is 0.398 e. The van der Waals surface area contributed by atoms with Crippen LogP contribution in [0.2, 0.25) is 0 Å². The van der Waals surface area contributed by atoms with E-state index in [9.17, 15) is 0 Å². The van der Waals surface area contributed by atoms with E-state index >= 15 is 0 Å². The minimum absolute atomic E-state index is 0.674. The maximum atomic E-state index is 6.05. The van der Waals surface area contributed by atoms with Crippen molar-refractivity contribution >= 4 is 11.4 Å². The van der Waals surface area contributed by atoms with Gasteiger partial charge in [-0.1, -0.05) is 61.7 Å². The van der Waals surface area contributed by atoms with Crippen molar-refractivity contribution in [1.82, 2.24) is 0 Å². The zero-order chi connectivity index (χ0) is 13.4. The van der Waals surface area contributed by atoms with Gasteiger partial charge in [0.2, 0.25) is 0 Å². The summed E-state index contributed by atoms with van der Waals surface area (Å²) in [5.74, 6) is 0. The quantitative estimate of drug-likeness (QED) is 0.620. The Kier molecular flexibility index (Phi) is 5.39. The molecule has 0 bridgehead atoms. The van der Waals surface area contributed by atoms with E-state index in [0.29, 0.717) is 5.70 Å². The topological polar surface area (TPSA) is 38.4 Å². The maximum Gasteiger partial charge on any atom is 0.0663 e. The maximum absolute atomic E-state index is 6.05. The molecule has 1 aromatic rings. The molecule has 0 radical (unpaired) electrons. The summed E-state index contributed by atoms with van der Waals surface area (Å²) < 4.78 is 0. The summed E-state index contributed by atoms with van der Waals surface area (Å²) in [5.41, 5.74) is 9.38. The summed E-state index contributed by atoms with van der Waals surface area (Å²) in [7, 11) is 1.73. The highest BCUT2D eigenvalue weighted by atomic mass is 14.7. The number of hydrogen-bond donors (Lipinski definition) is 1. The molecule has 0 aromatic heterocycles. The first-order valence-corrected chi connectivity index (χ1v) is 5.67. The van der Waals surface area contributed by atoms with Crippen molar-refractivity contribution in [3.05, 3.63) is 78.9 Å². The Hall–Kier alpha value is -2.35. The number of rotatable bonds is 5. The molecule has 0 aliphatic heterocycles. The van der Waals surface area contributed by atoms with Crippen LogP contribution in [0.5, 0.6) is 0 Å². The molecule has 0 heterocycles. The molecule has 1 rings (SSSR count). The standard InChI is InChI=1S/C16H18N2/c1-4-9-13(5-2)16(18-3)12-15(17)14-10-7-6-8-11-14/h4-12H,1-2,17H2,3H3/b13-9+,15-12?,18-16?. The highest BCUT2D eigenvalue weighted by Gasteiger charge is 2.01. The fraction of sp³-hybridized carbons (Fsp3) is 0.0625. The van der Waals surface area contributed by atoms with Crippen molar-refractivity contribution in [2.24, 2.45) is 10.7 Å². The highest BCUT2D eigenvalue weighted by Crippen LogP contribution is 2.11. The number of benzene rings is 1. The average molecular weight is 238 g/mol. The van der Waals surface area contributed by atoms with E-state index in [4.69, 9.17) is 5.73 Å². The number of aliphatic imine (C=N–C) groups is 1. The van der Waals surface area contributed by atoms with Gasteiger partial charge in [0.15, 0.2) is 0 Å². The van der Waals surface area contributed by atoms with Crippen LogP contribution in [0.4, 0.5) is 0 Å². The lowest BCUT2D eigenvalue weighted by atomic mass is 10.1. The third-order valence-electron chi connectivity index (χ3n) is 2.45. The van der Waals surface area contributed by atoms with E-state index in [2.05, 4.69) is 18.2 Å². The van der Waals surface area contributed by atoms with Crippen LogP contribution in [0, 0.1) is 0 Å². The van der Waals surface area contributed by atoms with Gasteiger partial charge in [-0.15, -0.1) is 0 Å². The SMILES string of the molecule is C=C/C=C(\C=C)C(C=C(N)c1ccccc1)=NC. The van der Waals surface area contributed by atoms with E-state index in [-0.39, 0.29) is 0 Å². The second-order valence-electron chi connectivity index (χ2n) is 3.64. The Morgan fingerprint density at radius 2 is 1.89 bits per heavy atom. The Balaban J connectivity index is 3.10. The average Bonchev–Trinajstić information content (AvgIpc) is 2.43. The zero-order valence-corrected chi connectivity index (χ0v) is 10.6. The van der Waals surface area contributed by atoms with Gasteiger partial charge in [-0.25, -0.2) is 0 Å². The van der Waals surface area contributed by atoms with Gasteiger partial charge >= 0.3 is 0 Å². The van der Waals surface area contributed by atoms with Gasteiger partial charge < -0.3 is 5.73 Å². The van der Waals surface area contributed by atoms with Crippen molar-refractivity contribution in [1.29, 1.82) is 0 Å². The van der Waals surface area contributed by atoms with Crippen molar-refractivity contribution in [2.75, 3.05) is 7.05 Å². The van der Waals surface area contributed by atoms with E-state index in [1.54, 1.807) is 19.2 Å². The van der Waals surface area contributed by atoms with Crippen molar-refractivity contribution < 1.29 is 0 Å². The molecule has 18 heavy (non-hydrogen) atoms. The Bertz CT molecular complexity index is 505. The number of hydrogen-bond acceptors (Lipinski definition) is 2. The predicted molar refractivity (Wildman–Crippen MR) is 80.4 cm³/mol. The normalized spacial score (nSPS) is 13.3. The molecule has 0 spiro atoms. The second kappa shape index (κ2) is 7.07. The molecule has 0 unspecified atom stereocenters. The molecule has 0 saturated carbocycles.